The van der Waals surface area contributed by atoms with Crippen LogP contribution in [0.25, 0.3) is 0 Å². The minimum atomic E-state index is -0.0590. The molecule has 0 aliphatic carbocycles. The summed E-state index contributed by atoms with van der Waals surface area (Å²) in [6.07, 6.45) is 1.51. The van der Waals surface area contributed by atoms with E-state index in [-0.39, 0.29) is 11.7 Å². The molecule has 0 spiro atoms. The molecule has 1 amide bonds. The number of carbonyl (C=O) groups excluding carboxylic acids is 1. The molecule has 1 fully saturated rings. The van der Waals surface area contributed by atoms with Crippen LogP contribution in [0.3, 0.4) is 0 Å². The van der Waals surface area contributed by atoms with E-state index in [0.29, 0.717) is 10.9 Å². The van der Waals surface area contributed by atoms with Crippen LogP contribution in [0, 0.1) is 0 Å². The first-order chi connectivity index (χ1) is 7.74. The molecule has 6 heteroatoms. The molecule has 0 atom stereocenters. The zero-order valence-corrected chi connectivity index (χ0v) is 9.07. The molecule has 1 aliphatic rings. The molecule has 82 valence electrons. The average Bonchev–Trinajstić information content (AvgIpc) is 2.64. The third-order valence-corrected chi connectivity index (χ3v) is 2.68. The molecule has 1 aromatic rings. The molecular weight excluding hydrogens is 226 g/mol. The Morgan fingerprint density at radius 1 is 1.50 bits per heavy atom. The van der Waals surface area contributed by atoms with Gasteiger partial charge in [0.1, 0.15) is 5.75 Å². The van der Waals surface area contributed by atoms with Crippen molar-refractivity contribution in [3.05, 3.63) is 29.8 Å². The molecule has 1 aromatic carbocycles. The maximum atomic E-state index is 10.8. The zero-order valence-electron chi connectivity index (χ0n) is 8.25. The van der Waals surface area contributed by atoms with Gasteiger partial charge in [-0.05, 0) is 17.7 Å². The summed E-state index contributed by atoms with van der Waals surface area (Å²) < 4.78 is 0. The van der Waals surface area contributed by atoms with Crippen molar-refractivity contribution in [2.75, 3.05) is 5.75 Å². The van der Waals surface area contributed by atoms with Crippen LogP contribution < -0.4 is 5.32 Å². The van der Waals surface area contributed by atoms with Crippen LogP contribution >= 0.6 is 11.8 Å². The van der Waals surface area contributed by atoms with Crippen molar-refractivity contribution in [1.82, 2.24) is 5.32 Å². The molecule has 0 unspecified atom stereocenters. The molecule has 1 aliphatic heterocycles. The Bertz CT molecular complexity index is 471. The molecule has 2 N–H and O–H groups in total. The van der Waals surface area contributed by atoms with Crippen molar-refractivity contribution in [3.63, 3.8) is 0 Å². The van der Waals surface area contributed by atoms with Gasteiger partial charge in [0, 0.05) is 0 Å². The normalized spacial score (nSPS) is 18.2. The minimum Gasteiger partial charge on any atom is -0.508 e. The summed E-state index contributed by atoms with van der Waals surface area (Å²) in [6.45, 7) is 0. The molecule has 0 saturated carbocycles. The number of phenols is 1. The van der Waals surface area contributed by atoms with E-state index >= 15 is 0 Å². The predicted octanol–water partition coefficient (Wildman–Crippen LogP) is 0.945. The number of thioether (sulfide) groups is 1. The number of amides is 1. The fourth-order valence-electron chi connectivity index (χ4n) is 1.13. The summed E-state index contributed by atoms with van der Waals surface area (Å²) in [5, 5.41) is 19.9. The summed E-state index contributed by atoms with van der Waals surface area (Å²) in [5.41, 5.74) is 0.749. The Balaban J connectivity index is 2.02. The number of benzene rings is 1. The molecule has 0 aromatic heterocycles. The maximum Gasteiger partial charge on any atom is 0.236 e. The number of hydrogen-bond acceptors (Lipinski definition) is 5. The van der Waals surface area contributed by atoms with Crippen LogP contribution in [-0.2, 0) is 4.79 Å². The highest BCUT2D eigenvalue weighted by atomic mass is 32.2. The van der Waals surface area contributed by atoms with Gasteiger partial charge in [-0.3, -0.25) is 4.79 Å². The van der Waals surface area contributed by atoms with Crippen LogP contribution in [0.4, 0.5) is 0 Å². The largest absolute Gasteiger partial charge is 0.508 e. The second-order valence-corrected chi connectivity index (χ2v) is 4.05. The van der Waals surface area contributed by atoms with Gasteiger partial charge >= 0.3 is 0 Å². The number of carbonyl (C=O) groups is 1. The topological polar surface area (TPSA) is 74.0 Å². The number of hydrogen-bond donors (Lipinski definition) is 2. The highest BCUT2D eigenvalue weighted by Crippen LogP contribution is 2.10. The number of nitrogens with zero attached hydrogens (tertiary/aromatic N) is 2. The maximum absolute atomic E-state index is 10.8. The first-order valence-electron chi connectivity index (χ1n) is 4.57. The van der Waals surface area contributed by atoms with E-state index in [9.17, 15) is 9.90 Å². The van der Waals surface area contributed by atoms with Crippen LogP contribution in [0.2, 0.25) is 0 Å². The Kier molecular flexibility index (Phi) is 3.21. The van der Waals surface area contributed by atoms with Gasteiger partial charge in [-0.2, -0.15) is 5.10 Å². The van der Waals surface area contributed by atoms with Crippen molar-refractivity contribution in [1.29, 1.82) is 0 Å². The van der Waals surface area contributed by atoms with Crippen LogP contribution in [0.5, 0.6) is 5.75 Å². The first kappa shape index (κ1) is 10.7. The lowest BCUT2D eigenvalue weighted by molar-refractivity contribution is -0.116. The quantitative estimate of drug-likeness (QED) is 0.592. The van der Waals surface area contributed by atoms with E-state index in [1.807, 2.05) is 0 Å². The molecule has 2 rings (SSSR count). The minimum absolute atomic E-state index is 0.0590. The highest BCUT2D eigenvalue weighted by Gasteiger charge is 2.15. The SMILES string of the molecule is O=C1CS/C(=N\N=C\c2cccc(O)c2)N1. The summed E-state index contributed by atoms with van der Waals surface area (Å²) in [5.74, 6) is 0.511. The summed E-state index contributed by atoms with van der Waals surface area (Å²) in [7, 11) is 0. The fraction of sp³-hybridized carbons (Fsp3) is 0.100. The van der Waals surface area contributed by atoms with Gasteiger partial charge in [-0.1, -0.05) is 23.9 Å². The van der Waals surface area contributed by atoms with Gasteiger partial charge in [-0.25, -0.2) is 0 Å². The van der Waals surface area contributed by atoms with Gasteiger partial charge in [0.15, 0.2) is 5.17 Å². The Morgan fingerprint density at radius 2 is 2.38 bits per heavy atom. The highest BCUT2D eigenvalue weighted by molar-refractivity contribution is 8.15. The first-order valence-corrected chi connectivity index (χ1v) is 5.55. The van der Waals surface area contributed by atoms with E-state index in [4.69, 9.17) is 0 Å². The number of amidine groups is 1. The number of phenolic OH excluding ortho intramolecular Hbond substituents is 1. The summed E-state index contributed by atoms with van der Waals surface area (Å²) in [4.78, 5) is 10.8. The fourth-order valence-corrected chi connectivity index (χ4v) is 1.76. The van der Waals surface area contributed by atoms with Gasteiger partial charge in [0.25, 0.3) is 0 Å². The predicted molar refractivity (Wildman–Crippen MR) is 63.7 cm³/mol. The molecular formula is C10H9N3O2S. The van der Waals surface area contributed by atoms with Crippen molar-refractivity contribution < 1.29 is 9.90 Å². The number of nitrogens with one attached hydrogen (secondary N) is 1. The Morgan fingerprint density at radius 3 is 3.06 bits per heavy atom. The van der Waals surface area contributed by atoms with Gasteiger partial charge in [-0.15, -0.1) is 5.10 Å². The Labute approximate surface area is 96.3 Å². The van der Waals surface area contributed by atoms with E-state index in [0.717, 1.165) is 5.56 Å². The van der Waals surface area contributed by atoms with E-state index in [2.05, 4.69) is 15.5 Å². The van der Waals surface area contributed by atoms with Crippen LogP contribution in [0.15, 0.2) is 34.5 Å². The number of rotatable bonds is 2. The Hall–Kier alpha value is -1.82. The van der Waals surface area contributed by atoms with E-state index in [1.54, 1.807) is 24.3 Å². The van der Waals surface area contributed by atoms with Gasteiger partial charge in [0.2, 0.25) is 5.91 Å². The summed E-state index contributed by atoms with van der Waals surface area (Å²) in [6, 6.07) is 6.67. The van der Waals surface area contributed by atoms with E-state index < -0.39 is 0 Å². The van der Waals surface area contributed by atoms with Crippen molar-refractivity contribution in [3.8, 4) is 5.75 Å². The molecule has 1 saturated heterocycles. The van der Waals surface area contributed by atoms with Crippen LogP contribution in [-0.4, -0.2) is 28.1 Å². The van der Waals surface area contributed by atoms with Crippen molar-refractivity contribution in [2.24, 2.45) is 10.2 Å². The second kappa shape index (κ2) is 4.80. The van der Waals surface area contributed by atoms with E-state index in [1.165, 1.54) is 18.0 Å². The molecule has 0 radical (unpaired) electrons. The smallest absolute Gasteiger partial charge is 0.236 e. The monoisotopic (exact) mass is 235 g/mol. The average molecular weight is 235 g/mol. The molecule has 1 heterocycles. The molecule has 0 bridgehead atoms. The molecule has 5 nitrogen and oxygen atoms in total. The third kappa shape index (κ3) is 2.83. The van der Waals surface area contributed by atoms with Crippen LogP contribution in [0.1, 0.15) is 5.56 Å². The molecule has 16 heavy (non-hydrogen) atoms. The van der Waals surface area contributed by atoms with Gasteiger partial charge < -0.3 is 10.4 Å². The van der Waals surface area contributed by atoms with Crippen molar-refractivity contribution in [2.45, 2.75) is 0 Å². The summed E-state index contributed by atoms with van der Waals surface area (Å²) >= 11 is 1.31. The third-order valence-electron chi connectivity index (χ3n) is 1.81. The van der Waals surface area contributed by atoms with Gasteiger partial charge in [0.05, 0.1) is 12.0 Å². The standard InChI is InChI=1S/C10H9N3O2S/c14-8-3-1-2-7(4-8)5-11-13-10-12-9(15)6-16-10/h1-5,14H,6H2,(H,12,13,15)/b11-5+. The lowest BCUT2D eigenvalue weighted by Gasteiger charge is -1.93. The lowest BCUT2D eigenvalue weighted by atomic mass is 10.2. The zero-order chi connectivity index (χ0) is 11.4. The second-order valence-electron chi connectivity index (χ2n) is 3.08. The van der Waals surface area contributed by atoms with Crippen molar-refractivity contribution >= 4 is 29.1 Å². The number of aromatic hydroxyl groups is 1. The lowest BCUT2D eigenvalue weighted by Crippen LogP contribution is -2.19.